The number of hydrogen-bond donors (Lipinski definition) is 2. The number of hydrogen-bond acceptors (Lipinski definition) is 3. The molecule has 1 aromatic rings. The summed E-state index contributed by atoms with van der Waals surface area (Å²) in [4.78, 5) is 15.7. The van der Waals surface area contributed by atoms with E-state index in [1.807, 2.05) is 0 Å². The topological polar surface area (TPSA) is 71.8 Å². The van der Waals surface area contributed by atoms with Gasteiger partial charge in [-0.1, -0.05) is 0 Å². The minimum atomic E-state index is -0.468. The molecule has 4 heteroatoms. The number of aromatic amines is 1. The van der Waals surface area contributed by atoms with Gasteiger partial charge in [-0.25, -0.2) is 4.79 Å². The van der Waals surface area contributed by atoms with Crippen LogP contribution < -0.4 is 11.4 Å². The third-order valence-corrected chi connectivity index (χ3v) is 0.630. The molecule has 0 saturated heterocycles. The first-order valence-corrected chi connectivity index (χ1v) is 2.02. The van der Waals surface area contributed by atoms with Gasteiger partial charge in [0, 0.05) is 6.07 Å². The van der Waals surface area contributed by atoms with Gasteiger partial charge < -0.3 is 10.7 Å². The van der Waals surface area contributed by atoms with E-state index in [4.69, 9.17) is 5.73 Å². The van der Waals surface area contributed by atoms with E-state index in [-0.39, 0.29) is 5.82 Å². The molecule has 0 unspecified atom stereocenters. The molecule has 4 nitrogen and oxygen atoms in total. The highest BCUT2D eigenvalue weighted by Gasteiger charge is 1.82. The molecule has 0 bridgehead atoms. The van der Waals surface area contributed by atoms with Crippen molar-refractivity contribution < 1.29 is 0 Å². The zero-order chi connectivity index (χ0) is 5.98. The van der Waals surface area contributed by atoms with Gasteiger partial charge in [-0.3, -0.25) is 0 Å². The molecule has 0 saturated carbocycles. The fourth-order valence-electron chi connectivity index (χ4n) is 0.349. The Morgan fingerprint density at radius 1 is 1.88 bits per heavy atom. The molecule has 1 radical (unpaired) electrons. The predicted molar refractivity (Wildman–Crippen MR) is 28.1 cm³/mol. The van der Waals surface area contributed by atoms with Gasteiger partial charge in [0.25, 0.3) is 0 Å². The summed E-state index contributed by atoms with van der Waals surface area (Å²) < 4.78 is 0. The van der Waals surface area contributed by atoms with Gasteiger partial charge in [0.15, 0.2) is 0 Å². The number of H-pyrrole nitrogens is 1. The largest absolute Gasteiger partial charge is 0.383 e. The third kappa shape index (κ3) is 0.841. The summed E-state index contributed by atoms with van der Waals surface area (Å²) in [6.07, 6.45) is 2.40. The number of anilines is 1. The highest BCUT2D eigenvalue weighted by Crippen LogP contribution is 1.81. The number of aromatic nitrogens is 2. The Morgan fingerprint density at radius 3 is 3.00 bits per heavy atom. The van der Waals surface area contributed by atoms with E-state index in [1.54, 1.807) is 0 Å². The lowest BCUT2D eigenvalue weighted by atomic mass is 10.6. The van der Waals surface area contributed by atoms with Crippen LogP contribution in [-0.2, 0) is 0 Å². The minimum Gasteiger partial charge on any atom is -0.383 e. The number of nitrogen functional groups attached to an aromatic ring is 1. The van der Waals surface area contributed by atoms with Crippen LogP contribution >= 0.6 is 0 Å². The quantitative estimate of drug-likeness (QED) is 0.457. The Bertz CT molecular complexity index is 229. The van der Waals surface area contributed by atoms with Crippen LogP contribution in [0.2, 0.25) is 0 Å². The van der Waals surface area contributed by atoms with E-state index < -0.39 is 5.69 Å². The highest BCUT2D eigenvalue weighted by atomic mass is 16.1. The van der Waals surface area contributed by atoms with Crippen LogP contribution in [-0.4, -0.2) is 9.97 Å². The van der Waals surface area contributed by atoms with Crippen LogP contribution in [0.4, 0.5) is 5.82 Å². The maximum atomic E-state index is 10.2. The summed E-state index contributed by atoms with van der Waals surface area (Å²) in [6, 6.07) is 1.39. The molecule has 0 atom stereocenters. The van der Waals surface area contributed by atoms with Crippen molar-refractivity contribution in [1.82, 2.24) is 9.97 Å². The summed E-state index contributed by atoms with van der Waals surface area (Å²) in [5, 5.41) is 0. The molecule has 1 aromatic heterocycles. The third-order valence-electron chi connectivity index (χ3n) is 0.630. The Kier molecular flexibility index (Phi) is 0.997. The molecule has 0 aliphatic carbocycles. The van der Waals surface area contributed by atoms with Gasteiger partial charge in [-0.2, -0.15) is 4.98 Å². The average molecular weight is 110 g/mol. The van der Waals surface area contributed by atoms with Crippen LogP contribution in [0.25, 0.3) is 0 Å². The molecule has 41 valence electrons. The summed E-state index contributed by atoms with van der Waals surface area (Å²) in [5.74, 6) is 0.189. The van der Waals surface area contributed by atoms with Crippen LogP contribution in [0.1, 0.15) is 0 Å². The lowest BCUT2D eigenvalue weighted by Gasteiger charge is -1.82. The Hall–Kier alpha value is -1.32. The number of nitrogens with zero attached hydrogens (tertiary/aromatic N) is 1. The smallest absolute Gasteiger partial charge is 0.347 e. The molecular formula is C4H4N3O. The Morgan fingerprint density at radius 2 is 2.62 bits per heavy atom. The van der Waals surface area contributed by atoms with E-state index >= 15 is 0 Å². The second kappa shape index (κ2) is 1.65. The van der Waals surface area contributed by atoms with Crippen molar-refractivity contribution in [3.05, 3.63) is 22.7 Å². The standard InChI is InChI=1S/C4H4N3O/c5-3-1-2-6-4(8)7-3/h1H,(H3,5,6,7,8). The second-order valence-corrected chi connectivity index (χ2v) is 1.26. The van der Waals surface area contributed by atoms with Gasteiger partial charge in [0.1, 0.15) is 5.82 Å². The van der Waals surface area contributed by atoms with Crippen LogP contribution in [0.3, 0.4) is 0 Å². The van der Waals surface area contributed by atoms with Crippen molar-refractivity contribution in [3.63, 3.8) is 0 Å². The van der Waals surface area contributed by atoms with E-state index in [1.165, 1.54) is 6.07 Å². The van der Waals surface area contributed by atoms with E-state index in [2.05, 4.69) is 16.2 Å². The molecule has 1 heterocycles. The van der Waals surface area contributed by atoms with Crippen LogP contribution in [0.5, 0.6) is 0 Å². The maximum absolute atomic E-state index is 10.2. The van der Waals surface area contributed by atoms with Crippen molar-refractivity contribution >= 4 is 5.82 Å². The minimum absolute atomic E-state index is 0.189. The second-order valence-electron chi connectivity index (χ2n) is 1.26. The lowest BCUT2D eigenvalue weighted by molar-refractivity contribution is 1.08. The predicted octanol–water partition coefficient (Wildman–Crippen LogP) is -0.848. The molecule has 0 aliphatic heterocycles. The van der Waals surface area contributed by atoms with Crippen molar-refractivity contribution in [1.29, 1.82) is 0 Å². The van der Waals surface area contributed by atoms with E-state index in [0.717, 1.165) is 0 Å². The summed E-state index contributed by atoms with van der Waals surface area (Å²) in [5.41, 5.74) is 4.63. The lowest BCUT2D eigenvalue weighted by Crippen LogP contribution is -2.10. The van der Waals surface area contributed by atoms with Crippen molar-refractivity contribution in [2.24, 2.45) is 0 Å². The van der Waals surface area contributed by atoms with Crippen molar-refractivity contribution in [2.75, 3.05) is 5.73 Å². The van der Waals surface area contributed by atoms with Gasteiger partial charge in [0.05, 0.1) is 6.20 Å². The first-order chi connectivity index (χ1) is 3.79. The first-order valence-electron chi connectivity index (χ1n) is 2.02. The van der Waals surface area contributed by atoms with Gasteiger partial charge in [-0.05, 0) is 0 Å². The monoisotopic (exact) mass is 110 g/mol. The van der Waals surface area contributed by atoms with Gasteiger partial charge >= 0.3 is 5.69 Å². The molecule has 0 fully saturated rings. The summed E-state index contributed by atoms with van der Waals surface area (Å²) in [7, 11) is 0. The SMILES string of the molecule is Nc1c[c][nH]c(=O)n1. The van der Waals surface area contributed by atoms with Gasteiger partial charge in [0.2, 0.25) is 0 Å². The zero-order valence-corrected chi connectivity index (χ0v) is 4.01. The molecule has 3 N–H and O–H groups in total. The molecule has 0 aromatic carbocycles. The first kappa shape index (κ1) is 4.83. The van der Waals surface area contributed by atoms with Crippen molar-refractivity contribution in [3.8, 4) is 0 Å². The number of rotatable bonds is 0. The van der Waals surface area contributed by atoms with Crippen LogP contribution in [0.15, 0.2) is 10.9 Å². The van der Waals surface area contributed by atoms with Gasteiger partial charge in [-0.15, -0.1) is 0 Å². The molecule has 0 amide bonds. The highest BCUT2D eigenvalue weighted by molar-refractivity contribution is 5.22. The van der Waals surface area contributed by atoms with E-state index in [9.17, 15) is 4.79 Å². The summed E-state index contributed by atoms with van der Waals surface area (Å²) >= 11 is 0. The molecule has 0 spiro atoms. The van der Waals surface area contributed by atoms with E-state index in [0.29, 0.717) is 0 Å². The Labute approximate surface area is 45.4 Å². The van der Waals surface area contributed by atoms with Crippen LogP contribution in [0, 0.1) is 6.20 Å². The average Bonchev–Trinajstić information content (AvgIpc) is 1.64. The summed E-state index contributed by atoms with van der Waals surface area (Å²) in [6.45, 7) is 0. The molecular weight excluding hydrogens is 106 g/mol. The van der Waals surface area contributed by atoms with Crippen molar-refractivity contribution in [2.45, 2.75) is 0 Å². The Balaban J connectivity index is 3.28. The fraction of sp³-hybridized carbons (Fsp3) is 0. The molecule has 8 heavy (non-hydrogen) atoms. The molecule has 1 rings (SSSR count). The number of nitrogens with one attached hydrogen (secondary N) is 1. The fourth-order valence-corrected chi connectivity index (χ4v) is 0.349. The molecule has 0 aliphatic rings. The normalized spacial score (nSPS) is 9.00. The number of nitrogens with two attached hydrogens (primary N) is 1. The zero-order valence-electron chi connectivity index (χ0n) is 4.01. The maximum Gasteiger partial charge on any atom is 0.347 e.